The van der Waals surface area contributed by atoms with Crippen molar-refractivity contribution in [3.63, 3.8) is 0 Å². The molecule has 0 atom stereocenters. The fourth-order valence-corrected chi connectivity index (χ4v) is 2.14. The van der Waals surface area contributed by atoms with Crippen LogP contribution in [0.4, 0.5) is 0 Å². The smallest absolute Gasteiger partial charge is 0.356 e. The summed E-state index contributed by atoms with van der Waals surface area (Å²) >= 11 is 2.23. The number of rotatable bonds is 3. The summed E-state index contributed by atoms with van der Waals surface area (Å²) in [5.41, 5.74) is 0.983. The van der Waals surface area contributed by atoms with Crippen LogP contribution in [0.25, 0.3) is 10.9 Å². The average Bonchev–Trinajstić information content (AvgIpc) is 2.38. The summed E-state index contributed by atoms with van der Waals surface area (Å²) in [6.45, 7) is 2.43. The number of hydrogen-bond acceptors (Lipinski definition) is 4. The summed E-state index contributed by atoms with van der Waals surface area (Å²) in [4.78, 5) is 15.8. The quantitative estimate of drug-likeness (QED) is 0.626. The van der Waals surface area contributed by atoms with E-state index < -0.39 is 5.97 Å². The number of esters is 1. The molecule has 0 unspecified atom stereocenters. The minimum Gasteiger partial charge on any atom is -0.493 e. The van der Waals surface area contributed by atoms with E-state index in [9.17, 15) is 4.79 Å². The largest absolute Gasteiger partial charge is 0.493 e. The van der Waals surface area contributed by atoms with Crippen molar-refractivity contribution in [3.8, 4) is 5.75 Å². The van der Waals surface area contributed by atoms with Gasteiger partial charge in [0.05, 0.1) is 19.2 Å². The molecule has 2 aromatic rings. The highest BCUT2D eigenvalue weighted by atomic mass is 127. The van der Waals surface area contributed by atoms with Gasteiger partial charge in [0.25, 0.3) is 0 Å². The van der Waals surface area contributed by atoms with Crippen molar-refractivity contribution in [1.29, 1.82) is 0 Å². The molecule has 0 amide bonds. The number of fused-ring (bicyclic) bond motifs is 1. The molecule has 1 heterocycles. The first-order valence-electron chi connectivity index (χ1n) is 5.47. The van der Waals surface area contributed by atoms with Gasteiger partial charge in [-0.1, -0.05) is 0 Å². The Balaban J connectivity index is 2.66. The third-order valence-electron chi connectivity index (χ3n) is 2.43. The van der Waals surface area contributed by atoms with Crippen LogP contribution < -0.4 is 4.74 Å². The zero-order chi connectivity index (χ0) is 13.1. The van der Waals surface area contributed by atoms with Crippen molar-refractivity contribution in [2.45, 2.75) is 6.92 Å². The van der Waals surface area contributed by atoms with E-state index in [-0.39, 0.29) is 5.69 Å². The number of methoxy groups -OCH3 is 1. The van der Waals surface area contributed by atoms with Crippen molar-refractivity contribution >= 4 is 39.5 Å². The SMILES string of the molecule is CCOc1cc(C(=O)OC)nc2ccc(I)cc12. The maximum Gasteiger partial charge on any atom is 0.356 e. The van der Waals surface area contributed by atoms with Crippen molar-refractivity contribution in [2.75, 3.05) is 13.7 Å². The first kappa shape index (κ1) is 13.1. The average molecular weight is 357 g/mol. The molecule has 94 valence electrons. The molecule has 0 aliphatic carbocycles. The molecule has 0 fully saturated rings. The van der Waals surface area contributed by atoms with E-state index in [2.05, 4.69) is 32.3 Å². The van der Waals surface area contributed by atoms with Gasteiger partial charge in [0.1, 0.15) is 5.75 Å². The number of hydrogen-bond donors (Lipinski definition) is 0. The lowest BCUT2D eigenvalue weighted by Crippen LogP contribution is -2.05. The van der Waals surface area contributed by atoms with E-state index in [0.717, 1.165) is 14.5 Å². The van der Waals surface area contributed by atoms with Gasteiger partial charge >= 0.3 is 5.97 Å². The molecule has 0 N–H and O–H groups in total. The van der Waals surface area contributed by atoms with Gasteiger partial charge in [0.2, 0.25) is 0 Å². The molecule has 4 nitrogen and oxygen atoms in total. The normalized spacial score (nSPS) is 10.4. The van der Waals surface area contributed by atoms with Gasteiger partial charge in [-0.15, -0.1) is 0 Å². The highest BCUT2D eigenvalue weighted by Gasteiger charge is 2.13. The van der Waals surface area contributed by atoms with Gasteiger partial charge in [-0.05, 0) is 47.7 Å². The Morgan fingerprint density at radius 1 is 1.39 bits per heavy atom. The minimum absolute atomic E-state index is 0.259. The number of carbonyl (C=O) groups is 1. The maximum atomic E-state index is 11.5. The molecule has 18 heavy (non-hydrogen) atoms. The molecule has 0 aliphatic heterocycles. The van der Waals surface area contributed by atoms with Crippen LogP contribution >= 0.6 is 22.6 Å². The lowest BCUT2D eigenvalue weighted by atomic mass is 10.2. The van der Waals surface area contributed by atoms with E-state index in [4.69, 9.17) is 4.74 Å². The summed E-state index contributed by atoms with van der Waals surface area (Å²) in [5, 5.41) is 0.899. The molecule has 0 saturated carbocycles. The zero-order valence-electron chi connectivity index (χ0n) is 10.1. The van der Waals surface area contributed by atoms with Crippen LogP contribution in [-0.4, -0.2) is 24.7 Å². The summed E-state index contributed by atoms with van der Waals surface area (Å²) in [6, 6.07) is 7.40. The lowest BCUT2D eigenvalue weighted by molar-refractivity contribution is 0.0594. The van der Waals surface area contributed by atoms with Crippen LogP contribution in [0, 0.1) is 3.57 Å². The molecule has 0 saturated heterocycles. The Morgan fingerprint density at radius 2 is 2.17 bits per heavy atom. The molecule has 0 radical (unpaired) electrons. The van der Waals surface area contributed by atoms with E-state index in [1.165, 1.54) is 7.11 Å². The number of nitrogens with zero attached hydrogens (tertiary/aromatic N) is 1. The summed E-state index contributed by atoms with van der Waals surface area (Å²) in [7, 11) is 1.34. The number of carbonyl (C=O) groups excluding carboxylic acids is 1. The number of pyridine rings is 1. The van der Waals surface area contributed by atoms with Gasteiger partial charge < -0.3 is 9.47 Å². The van der Waals surface area contributed by atoms with E-state index in [1.54, 1.807) is 6.07 Å². The standard InChI is InChI=1S/C13H12INO3/c1-3-18-12-7-11(13(16)17-2)15-10-5-4-8(14)6-9(10)12/h4-7H,3H2,1-2H3. The number of halogens is 1. The van der Waals surface area contributed by atoms with E-state index in [1.807, 2.05) is 25.1 Å². The van der Waals surface area contributed by atoms with Crippen LogP contribution in [-0.2, 0) is 4.74 Å². The number of ether oxygens (including phenoxy) is 2. The van der Waals surface area contributed by atoms with Gasteiger partial charge in [0.15, 0.2) is 5.69 Å². The molecule has 1 aromatic heterocycles. The van der Waals surface area contributed by atoms with Crippen molar-refractivity contribution in [1.82, 2.24) is 4.98 Å². The first-order valence-corrected chi connectivity index (χ1v) is 6.55. The second-order valence-corrected chi connectivity index (χ2v) is 4.84. The topological polar surface area (TPSA) is 48.4 Å². The second-order valence-electron chi connectivity index (χ2n) is 3.59. The Hall–Kier alpha value is -1.37. The second kappa shape index (κ2) is 5.51. The predicted octanol–water partition coefficient (Wildman–Crippen LogP) is 3.02. The van der Waals surface area contributed by atoms with Gasteiger partial charge in [-0.2, -0.15) is 0 Å². The molecule has 5 heteroatoms. The van der Waals surface area contributed by atoms with Crippen molar-refractivity contribution in [2.24, 2.45) is 0 Å². The van der Waals surface area contributed by atoms with Crippen LogP contribution in [0.5, 0.6) is 5.75 Å². The third kappa shape index (κ3) is 2.55. The molecular weight excluding hydrogens is 345 g/mol. The Kier molecular flexibility index (Phi) is 4.00. The predicted molar refractivity (Wildman–Crippen MR) is 77.0 cm³/mol. The minimum atomic E-state index is -0.462. The number of benzene rings is 1. The zero-order valence-corrected chi connectivity index (χ0v) is 12.2. The molecule has 2 rings (SSSR count). The summed E-state index contributed by atoms with van der Waals surface area (Å²) in [5.74, 6) is 0.192. The molecule has 1 aromatic carbocycles. The Labute approximate surface area is 118 Å². The van der Waals surface area contributed by atoms with Crippen molar-refractivity contribution < 1.29 is 14.3 Å². The summed E-state index contributed by atoms with van der Waals surface area (Å²) < 4.78 is 11.3. The van der Waals surface area contributed by atoms with Crippen LogP contribution in [0.3, 0.4) is 0 Å². The maximum absolute atomic E-state index is 11.5. The van der Waals surface area contributed by atoms with Crippen LogP contribution in [0.2, 0.25) is 0 Å². The summed E-state index contributed by atoms with van der Waals surface area (Å²) in [6.07, 6.45) is 0. The highest BCUT2D eigenvalue weighted by Crippen LogP contribution is 2.27. The van der Waals surface area contributed by atoms with Gasteiger partial charge in [-0.3, -0.25) is 0 Å². The van der Waals surface area contributed by atoms with Crippen LogP contribution in [0.1, 0.15) is 17.4 Å². The van der Waals surface area contributed by atoms with Gasteiger partial charge in [-0.25, -0.2) is 9.78 Å². The first-order chi connectivity index (χ1) is 8.65. The lowest BCUT2D eigenvalue weighted by Gasteiger charge is -2.09. The fraction of sp³-hybridized carbons (Fsp3) is 0.231. The number of aromatic nitrogens is 1. The monoisotopic (exact) mass is 357 g/mol. The molecule has 0 spiro atoms. The van der Waals surface area contributed by atoms with E-state index >= 15 is 0 Å². The molecule has 0 bridgehead atoms. The molecular formula is C13H12INO3. The van der Waals surface area contributed by atoms with Crippen molar-refractivity contribution in [3.05, 3.63) is 33.5 Å². The van der Waals surface area contributed by atoms with Gasteiger partial charge in [0, 0.05) is 15.0 Å². The third-order valence-corrected chi connectivity index (χ3v) is 3.10. The van der Waals surface area contributed by atoms with Crippen LogP contribution in [0.15, 0.2) is 24.3 Å². The Bertz CT molecular complexity index is 598. The highest BCUT2D eigenvalue weighted by molar-refractivity contribution is 14.1. The Morgan fingerprint density at radius 3 is 2.83 bits per heavy atom. The van der Waals surface area contributed by atoms with E-state index in [0.29, 0.717) is 12.4 Å². The fourth-order valence-electron chi connectivity index (χ4n) is 1.65. The molecule has 0 aliphatic rings.